The van der Waals surface area contributed by atoms with Gasteiger partial charge in [0, 0.05) is 32.3 Å². The summed E-state index contributed by atoms with van der Waals surface area (Å²) in [7, 11) is 4.01. The molecule has 1 aliphatic rings. The third kappa shape index (κ3) is 4.22. The third-order valence-electron chi connectivity index (χ3n) is 4.79. The molecule has 1 atom stereocenters. The Balaban J connectivity index is 2.60. The van der Waals surface area contributed by atoms with E-state index in [2.05, 4.69) is 25.8 Å². The van der Waals surface area contributed by atoms with Gasteiger partial charge in [-0.15, -0.1) is 0 Å². The SMILES string of the molecule is COCCCN(C)C1(CN)CCCC(C)(C)CC1. The molecule has 0 bridgehead atoms. The maximum Gasteiger partial charge on any atom is 0.0474 e. The van der Waals surface area contributed by atoms with Gasteiger partial charge in [-0.1, -0.05) is 20.3 Å². The molecule has 0 heterocycles. The smallest absolute Gasteiger partial charge is 0.0474 e. The Labute approximate surface area is 113 Å². The van der Waals surface area contributed by atoms with E-state index in [0.29, 0.717) is 5.41 Å². The molecule has 1 aliphatic carbocycles. The molecule has 0 amide bonds. The van der Waals surface area contributed by atoms with Crippen LogP contribution in [0.2, 0.25) is 0 Å². The molecule has 0 radical (unpaired) electrons. The maximum absolute atomic E-state index is 6.13. The highest BCUT2D eigenvalue weighted by Gasteiger charge is 2.37. The van der Waals surface area contributed by atoms with Gasteiger partial charge in [-0.2, -0.15) is 0 Å². The van der Waals surface area contributed by atoms with Gasteiger partial charge in [0.15, 0.2) is 0 Å². The van der Waals surface area contributed by atoms with Crippen molar-refractivity contribution in [1.82, 2.24) is 4.90 Å². The Bertz CT molecular complexity index is 243. The van der Waals surface area contributed by atoms with E-state index in [4.69, 9.17) is 10.5 Å². The fourth-order valence-electron chi connectivity index (χ4n) is 3.14. The summed E-state index contributed by atoms with van der Waals surface area (Å²) in [5.74, 6) is 0. The van der Waals surface area contributed by atoms with Crippen molar-refractivity contribution in [3.63, 3.8) is 0 Å². The van der Waals surface area contributed by atoms with Crippen LogP contribution in [0.15, 0.2) is 0 Å². The third-order valence-corrected chi connectivity index (χ3v) is 4.79. The number of methoxy groups -OCH3 is 1. The van der Waals surface area contributed by atoms with Gasteiger partial charge in [0.2, 0.25) is 0 Å². The minimum Gasteiger partial charge on any atom is -0.385 e. The number of rotatable bonds is 6. The van der Waals surface area contributed by atoms with Gasteiger partial charge in [-0.05, 0) is 44.6 Å². The number of hydrogen-bond acceptors (Lipinski definition) is 3. The fourth-order valence-corrected chi connectivity index (χ4v) is 3.14. The number of likely N-dealkylation sites (N-methyl/N-ethyl adjacent to an activating group) is 1. The van der Waals surface area contributed by atoms with E-state index in [1.54, 1.807) is 7.11 Å². The van der Waals surface area contributed by atoms with Gasteiger partial charge in [-0.25, -0.2) is 0 Å². The molecule has 0 saturated heterocycles. The lowest BCUT2D eigenvalue weighted by atomic mass is 9.83. The lowest BCUT2D eigenvalue weighted by Crippen LogP contribution is -2.52. The predicted molar refractivity (Wildman–Crippen MR) is 77.8 cm³/mol. The quantitative estimate of drug-likeness (QED) is 0.586. The van der Waals surface area contributed by atoms with Crippen molar-refractivity contribution >= 4 is 0 Å². The highest BCUT2D eigenvalue weighted by Crippen LogP contribution is 2.39. The number of hydrogen-bond donors (Lipinski definition) is 1. The van der Waals surface area contributed by atoms with Crippen LogP contribution >= 0.6 is 0 Å². The molecule has 1 unspecified atom stereocenters. The molecule has 0 aromatic heterocycles. The van der Waals surface area contributed by atoms with Crippen molar-refractivity contribution in [3.05, 3.63) is 0 Å². The zero-order chi connectivity index (χ0) is 13.6. The molecule has 108 valence electrons. The first-order valence-corrected chi connectivity index (χ1v) is 7.36. The van der Waals surface area contributed by atoms with Crippen molar-refractivity contribution in [2.45, 2.75) is 57.9 Å². The van der Waals surface area contributed by atoms with Crippen LogP contribution in [-0.2, 0) is 4.74 Å². The summed E-state index contributed by atoms with van der Waals surface area (Å²) in [6, 6.07) is 0. The first-order chi connectivity index (χ1) is 8.46. The summed E-state index contributed by atoms with van der Waals surface area (Å²) in [5, 5.41) is 0. The minimum atomic E-state index is 0.224. The van der Waals surface area contributed by atoms with Crippen LogP contribution in [0.3, 0.4) is 0 Å². The molecule has 3 nitrogen and oxygen atoms in total. The Morgan fingerprint density at radius 2 is 1.89 bits per heavy atom. The Morgan fingerprint density at radius 1 is 1.17 bits per heavy atom. The number of ether oxygens (including phenoxy) is 1. The van der Waals surface area contributed by atoms with Gasteiger partial charge < -0.3 is 10.5 Å². The summed E-state index contributed by atoms with van der Waals surface area (Å²) in [4.78, 5) is 2.49. The lowest BCUT2D eigenvalue weighted by Gasteiger charge is -2.41. The zero-order valence-corrected chi connectivity index (χ0v) is 12.8. The lowest BCUT2D eigenvalue weighted by molar-refractivity contribution is 0.0894. The number of nitrogens with zero attached hydrogens (tertiary/aromatic N) is 1. The van der Waals surface area contributed by atoms with Crippen molar-refractivity contribution < 1.29 is 4.74 Å². The topological polar surface area (TPSA) is 38.5 Å². The highest BCUT2D eigenvalue weighted by molar-refractivity contribution is 4.94. The average Bonchev–Trinajstić information content (AvgIpc) is 2.49. The highest BCUT2D eigenvalue weighted by atomic mass is 16.5. The van der Waals surface area contributed by atoms with E-state index < -0.39 is 0 Å². The van der Waals surface area contributed by atoms with Gasteiger partial charge in [0.1, 0.15) is 0 Å². The monoisotopic (exact) mass is 256 g/mol. The van der Waals surface area contributed by atoms with Crippen molar-refractivity contribution in [2.24, 2.45) is 11.1 Å². The van der Waals surface area contributed by atoms with E-state index in [1.165, 1.54) is 32.1 Å². The summed E-state index contributed by atoms with van der Waals surface area (Å²) < 4.78 is 5.15. The average molecular weight is 256 g/mol. The molecular weight excluding hydrogens is 224 g/mol. The second-order valence-electron chi connectivity index (χ2n) is 6.71. The summed E-state index contributed by atoms with van der Waals surface area (Å²) in [6.07, 6.45) is 7.51. The molecular formula is C15H32N2O. The second kappa shape index (κ2) is 6.88. The second-order valence-corrected chi connectivity index (χ2v) is 6.71. The summed E-state index contributed by atoms with van der Waals surface area (Å²) in [5.41, 5.74) is 6.84. The summed E-state index contributed by atoms with van der Waals surface area (Å²) >= 11 is 0. The molecule has 18 heavy (non-hydrogen) atoms. The van der Waals surface area contributed by atoms with Crippen LogP contribution in [0.25, 0.3) is 0 Å². The van der Waals surface area contributed by atoms with Crippen molar-refractivity contribution in [2.75, 3.05) is 33.9 Å². The van der Waals surface area contributed by atoms with Gasteiger partial charge >= 0.3 is 0 Å². The van der Waals surface area contributed by atoms with Crippen LogP contribution < -0.4 is 5.73 Å². The largest absolute Gasteiger partial charge is 0.385 e. The fraction of sp³-hybridized carbons (Fsp3) is 1.00. The van der Waals surface area contributed by atoms with Crippen LogP contribution in [0.1, 0.15) is 52.4 Å². The Hall–Kier alpha value is -0.120. The Kier molecular flexibility index (Phi) is 6.09. The standard InChI is InChI=1S/C15H32N2O/c1-14(2)7-5-8-15(13-16,10-9-14)17(3)11-6-12-18-4/h5-13,16H2,1-4H3. The maximum atomic E-state index is 6.13. The predicted octanol–water partition coefficient (Wildman–Crippen LogP) is 2.64. The Morgan fingerprint density at radius 3 is 2.50 bits per heavy atom. The molecule has 0 aromatic rings. The molecule has 0 aromatic carbocycles. The first-order valence-electron chi connectivity index (χ1n) is 7.36. The molecule has 3 heteroatoms. The van der Waals surface area contributed by atoms with Crippen LogP contribution in [0, 0.1) is 5.41 Å². The zero-order valence-electron chi connectivity index (χ0n) is 12.8. The van der Waals surface area contributed by atoms with Crippen LogP contribution in [0.4, 0.5) is 0 Å². The van der Waals surface area contributed by atoms with E-state index in [0.717, 1.165) is 26.1 Å². The summed E-state index contributed by atoms with van der Waals surface area (Å²) in [6.45, 7) is 7.50. The molecule has 1 fully saturated rings. The van der Waals surface area contributed by atoms with E-state index in [9.17, 15) is 0 Å². The van der Waals surface area contributed by atoms with Gasteiger partial charge in [-0.3, -0.25) is 4.90 Å². The van der Waals surface area contributed by atoms with Gasteiger partial charge in [0.05, 0.1) is 0 Å². The molecule has 0 aliphatic heterocycles. The first kappa shape index (κ1) is 15.9. The van der Waals surface area contributed by atoms with E-state index in [1.807, 2.05) is 0 Å². The molecule has 1 saturated carbocycles. The van der Waals surface area contributed by atoms with Gasteiger partial charge in [0.25, 0.3) is 0 Å². The van der Waals surface area contributed by atoms with Crippen LogP contribution in [0.5, 0.6) is 0 Å². The van der Waals surface area contributed by atoms with Crippen LogP contribution in [-0.4, -0.2) is 44.3 Å². The van der Waals surface area contributed by atoms with E-state index in [-0.39, 0.29) is 5.54 Å². The van der Waals surface area contributed by atoms with Crippen molar-refractivity contribution in [1.29, 1.82) is 0 Å². The van der Waals surface area contributed by atoms with E-state index >= 15 is 0 Å². The molecule has 1 rings (SSSR count). The molecule has 2 N–H and O–H groups in total. The molecule has 0 spiro atoms. The normalized spacial score (nSPS) is 28.3. The number of nitrogens with two attached hydrogens (primary N) is 1. The minimum absolute atomic E-state index is 0.224. The van der Waals surface area contributed by atoms with Crippen molar-refractivity contribution in [3.8, 4) is 0 Å².